The fraction of sp³-hybridized carbons (Fsp3) is 0. The largest absolute Gasteiger partial charge is 0.508 e. The number of nitrogens with one attached hydrogen (secondary N) is 1. The van der Waals surface area contributed by atoms with E-state index in [1.807, 2.05) is 0 Å². The van der Waals surface area contributed by atoms with Crippen molar-refractivity contribution in [2.24, 2.45) is 0 Å². The number of phenolic OH excluding ortho intramolecular Hbond substituents is 1. The SMILES string of the molecule is Oc1cc(F)c2c(Br)[nH]nc2c1. The molecule has 0 spiro atoms. The summed E-state index contributed by atoms with van der Waals surface area (Å²) in [6.45, 7) is 0. The quantitative estimate of drug-likeness (QED) is 0.729. The number of hydrogen-bond acceptors (Lipinski definition) is 2. The van der Waals surface area contributed by atoms with Gasteiger partial charge in [-0.15, -0.1) is 0 Å². The van der Waals surface area contributed by atoms with Crippen molar-refractivity contribution >= 4 is 26.8 Å². The zero-order chi connectivity index (χ0) is 8.72. The van der Waals surface area contributed by atoms with Crippen molar-refractivity contribution in [3.63, 3.8) is 0 Å². The summed E-state index contributed by atoms with van der Waals surface area (Å²) in [5.74, 6) is -0.621. The normalized spacial score (nSPS) is 10.8. The van der Waals surface area contributed by atoms with E-state index in [-0.39, 0.29) is 5.75 Å². The van der Waals surface area contributed by atoms with Gasteiger partial charge >= 0.3 is 0 Å². The molecule has 0 amide bonds. The summed E-state index contributed by atoms with van der Waals surface area (Å²) in [6.07, 6.45) is 0. The number of hydrogen-bond donors (Lipinski definition) is 2. The monoisotopic (exact) mass is 230 g/mol. The molecule has 0 bridgehead atoms. The van der Waals surface area contributed by atoms with Crippen LogP contribution in [0.1, 0.15) is 0 Å². The third-order valence-corrected chi connectivity index (χ3v) is 2.12. The van der Waals surface area contributed by atoms with Gasteiger partial charge < -0.3 is 5.11 Å². The fourth-order valence-electron chi connectivity index (χ4n) is 1.05. The Morgan fingerprint density at radius 3 is 3.00 bits per heavy atom. The molecule has 2 N–H and O–H groups in total. The molecular weight excluding hydrogens is 227 g/mol. The molecule has 1 heterocycles. The molecule has 0 aliphatic heterocycles. The third-order valence-electron chi connectivity index (χ3n) is 1.55. The van der Waals surface area contributed by atoms with Crippen LogP contribution in [-0.2, 0) is 0 Å². The topological polar surface area (TPSA) is 48.9 Å². The van der Waals surface area contributed by atoms with Crippen LogP contribution < -0.4 is 0 Å². The zero-order valence-corrected chi connectivity index (χ0v) is 7.39. The Balaban J connectivity index is 2.93. The van der Waals surface area contributed by atoms with Gasteiger partial charge in [0.1, 0.15) is 16.2 Å². The van der Waals surface area contributed by atoms with Gasteiger partial charge in [-0.05, 0) is 15.9 Å². The lowest BCUT2D eigenvalue weighted by Gasteiger charge is -1.93. The molecule has 2 rings (SSSR count). The van der Waals surface area contributed by atoms with Crippen molar-refractivity contribution < 1.29 is 9.50 Å². The van der Waals surface area contributed by atoms with E-state index in [9.17, 15) is 4.39 Å². The number of halogens is 2. The number of nitrogens with zero attached hydrogens (tertiary/aromatic N) is 1. The molecule has 5 heteroatoms. The average molecular weight is 231 g/mol. The predicted molar refractivity (Wildman–Crippen MR) is 45.4 cm³/mol. The van der Waals surface area contributed by atoms with Gasteiger partial charge in [0, 0.05) is 12.1 Å². The van der Waals surface area contributed by atoms with E-state index in [1.165, 1.54) is 6.07 Å². The lowest BCUT2D eigenvalue weighted by molar-refractivity contribution is 0.471. The highest BCUT2D eigenvalue weighted by Crippen LogP contribution is 2.27. The second-order valence-corrected chi connectivity index (χ2v) is 3.15. The first-order valence-corrected chi connectivity index (χ1v) is 4.00. The van der Waals surface area contributed by atoms with Gasteiger partial charge in [0.25, 0.3) is 0 Å². The summed E-state index contributed by atoms with van der Waals surface area (Å²) in [5, 5.41) is 15.7. The number of benzene rings is 1. The van der Waals surface area contributed by atoms with Crippen molar-refractivity contribution in [3.8, 4) is 5.75 Å². The van der Waals surface area contributed by atoms with E-state index in [2.05, 4.69) is 26.1 Å². The third kappa shape index (κ3) is 0.972. The molecular formula is C7H4BrFN2O. The highest BCUT2D eigenvalue weighted by atomic mass is 79.9. The standard InChI is InChI=1S/C7H4BrFN2O/c8-7-6-4(9)1-3(12)2-5(6)10-11-7/h1-2,12H,(H,10,11). The minimum absolute atomic E-state index is 0.126. The van der Waals surface area contributed by atoms with Gasteiger partial charge in [-0.25, -0.2) is 4.39 Å². The molecule has 0 saturated carbocycles. The number of aromatic amines is 1. The number of phenols is 1. The molecule has 62 valence electrons. The Morgan fingerprint density at radius 1 is 1.50 bits per heavy atom. The van der Waals surface area contributed by atoms with Crippen molar-refractivity contribution in [1.82, 2.24) is 10.2 Å². The van der Waals surface area contributed by atoms with Crippen LogP contribution in [0.25, 0.3) is 10.9 Å². The second-order valence-electron chi connectivity index (χ2n) is 2.36. The van der Waals surface area contributed by atoms with Crippen LogP contribution in [0.15, 0.2) is 16.7 Å². The van der Waals surface area contributed by atoms with Crippen LogP contribution in [0.5, 0.6) is 5.75 Å². The van der Waals surface area contributed by atoms with E-state index < -0.39 is 5.82 Å². The summed E-state index contributed by atoms with van der Waals surface area (Å²) in [4.78, 5) is 0. The first-order chi connectivity index (χ1) is 5.68. The summed E-state index contributed by atoms with van der Waals surface area (Å²) in [5.41, 5.74) is 0.402. The summed E-state index contributed by atoms with van der Waals surface area (Å²) in [7, 11) is 0. The molecule has 12 heavy (non-hydrogen) atoms. The van der Waals surface area contributed by atoms with Gasteiger partial charge in [0.2, 0.25) is 0 Å². The molecule has 1 aromatic heterocycles. The van der Waals surface area contributed by atoms with Gasteiger partial charge in [0.15, 0.2) is 0 Å². The maximum Gasteiger partial charge on any atom is 0.139 e. The minimum Gasteiger partial charge on any atom is -0.508 e. The number of fused-ring (bicyclic) bond motifs is 1. The van der Waals surface area contributed by atoms with E-state index in [4.69, 9.17) is 5.11 Å². The number of rotatable bonds is 0. The van der Waals surface area contributed by atoms with Gasteiger partial charge in [-0.1, -0.05) is 0 Å². The lowest BCUT2D eigenvalue weighted by atomic mass is 10.2. The maximum absolute atomic E-state index is 13.1. The molecule has 1 aromatic carbocycles. The first-order valence-electron chi connectivity index (χ1n) is 3.20. The molecule has 2 aromatic rings. The smallest absolute Gasteiger partial charge is 0.139 e. The van der Waals surface area contributed by atoms with Gasteiger partial charge in [0.05, 0.1) is 10.9 Å². The van der Waals surface area contributed by atoms with Crippen LogP contribution in [0.2, 0.25) is 0 Å². The summed E-state index contributed by atoms with van der Waals surface area (Å²) >= 11 is 3.10. The molecule has 0 atom stereocenters. The molecule has 0 aliphatic carbocycles. The Morgan fingerprint density at radius 2 is 2.25 bits per heavy atom. The first kappa shape index (κ1) is 7.54. The Labute approximate surface area is 75.3 Å². The van der Waals surface area contributed by atoms with Crippen molar-refractivity contribution in [2.75, 3.05) is 0 Å². The molecule has 0 saturated heterocycles. The Kier molecular flexibility index (Phi) is 1.54. The second kappa shape index (κ2) is 2.45. The van der Waals surface area contributed by atoms with E-state index in [0.717, 1.165) is 6.07 Å². The molecule has 0 radical (unpaired) electrons. The van der Waals surface area contributed by atoms with Gasteiger partial charge in [-0.2, -0.15) is 5.10 Å². The maximum atomic E-state index is 13.1. The van der Waals surface area contributed by atoms with Crippen molar-refractivity contribution in [1.29, 1.82) is 0 Å². The van der Waals surface area contributed by atoms with Crippen LogP contribution >= 0.6 is 15.9 Å². The summed E-state index contributed by atoms with van der Waals surface area (Å²) in [6, 6.07) is 2.43. The molecule has 0 unspecified atom stereocenters. The zero-order valence-electron chi connectivity index (χ0n) is 5.81. The predicted octanol–water partition coefficient (Wildman–Crippen LogP) is 2.17. The number of H-pyrrole nitrogens is 1. The number of aromatic hydroxyl groups is 1. The van der Waals surface area contributed by atoms with Crippen molar-refractivity contribution in [3.05, 3.63) is 22.6 Å². The highest BCUT2D eigenvalue weighted by molar-refractivity contribution is 9.10. The van der Waals surface area contributed by atoms with Crippen LogP contribution in [-0.4, -0.2) is 15.3 Å². The fourth-order valence-corrected chi connectivity index (χ4v) is 1.53. The van der Waals surface area contributed by atoms with Crippen LogP contribution in [0.3, 0.4) is 0 Å². The summed E-state index contributed by atoms with van der Waals surface area (Å²) < 4.78 is 13.6. The van der Waals surface area contributed by atoms with Crippen LogP contribution in [0, 0.1) is 5.82 Å². The highest BCUT2D eigenvalue weighted by Gasteiger charge is 2.09. The van der Waals surface area contributed by atoms with E-state index in [0.29, 0.717) is 15.5 Å². The lowest BCUT2D eigenvalue weighted by Crippen LogP contribution is -1.76. The van der Waals surface area contributed by atoms with E-state index >= 15 is 0 Å². The Hall–Kier alpha value is -1.10. The van der Waals surface area contributed by atoms with E-state index in [1.54, 1.807) is 0 Å². The van der Waals surface area contributed by atoms with Crippen LogP contribution in [0.4, 0.5) is 4.39 Å². The average Bonchev–Trinajstić information content (AvgIpc) is 2.31. The molecule has 3 nitrogen and oxygen atoms in total. The minimum atomic E-state index is -0.495. The molecule has 0 fully saturated rings. The Bertz CT molecular complexity index is 440. The van der Waals surface area contributed by atoms with Crippen molar-refractivity contribution in [2.45, 2.75) is 0 Å². The number of aromatic nitrogens is 2. The molecule has 0 aliphatic rings. The van der Waals surface area contributed by atoms with Gasteiger partial charge in [-0.3, -0.25) is 5.10 Å².